The Morgan fingerprint density at radius 1 is 1.07 bits per heavy atom. The van der Waals surface area contributed by atoms with Crippen LogP contribution in [-0.4, -0.2) is 56.2 Å². The highest BCUT2D eigenvalue weighted by molar-refractivity contribution is 7.90. The van der Waals surface area contributed by atoms with Gasteiger partial charge in [0.25, 0.3) is 0 Å². The molecule has 0 aliphatic carbocycles. The summed E-state index contributed by atoms with van der Waals surface area (Å²) in [7, 11) is -1.08. The van der Waals surface area contributed by atoms with Crippen LogP contribution in [0.25, 0.3) is 10.9 Å². The number of rotatable bonds is 6. The molecule has 3 aromatic rings. The molecular formula is C23H28N4O2S. The molecule has 0 spiro atoms. The molecule has 0 bridgehead atoms. The second-order valence-corrected chi connectivity index (χ2v) is 10.3. The molecular weight excluding hydrogens is 396 g/mol. The molecule has 4 rings (SSSR count). The van der Waals surface area contributed by atoms with Gasteiger partial charge < -0.3 is 9.80 Å². The molecule has 0 amide bonds. The molecule has 0 N–H and O–H groups in total. The highest BCUT2D eigenvalue weighted by Gasteiger charge is 2.23. The van der Waals surface area contributed by atoms with E-state index in [0.717, 1.165) is 55.7 Å². The third-order valence-corrected chi connectivity index (χ3v) is 6.90. The van der Waals surface area contributed by atoms with Gasteiger partial charge in [-0.05, 0) is 49.6 Å². The minimum absolute atomic E-state index is 0.309. The molecule has 6 nitrogen and oxygen atoms in total. The normalized spacial score (nSPS) is 15.8. The van der Waals surface area contributed by atoms with Crippen LogP contribution in [0.4, 0.5) is 5.82 Å². The van der Waals surface area contributed by atoms with Crippen molar-refractivity contribution in [1.82, 2.24) is 14.9 Å². The van der Waals surface area contributed by atoms with Gasteiger partial charge in [-0.3, -0.25) is 0 Å². The first-order valence-electron chi connectivity index (χ1n) is 10.3. The number of hydrogen-bond acceptors (Lipinski definition) is 6. The molecule has 30 heavy (non-hydrogen) atoms. The van der Waals surface area contributed by atoms with Gasteiger partial charge in [0.2, 0.25) is 0 Å². The molecule has 0 saturated carbocycles. The Balaban J connectivity index is 1.43. The highest BCUT2D eigenvalue weighted by Crippen LogP contribution is 2.29. The standard InChI is InChI=1S/C23H28N4O2S/c1-26(15-18-6-4-3-5-7-18)16-19-10-12-27(13-11-19)23-21-14-20(30(2,28)29)8-9-22(21)24-17-25-23/h3-9,14,17,19H,10-13,15-16H2,1-2H3. The summed E-state index contributed by atoms with van der Waals surface area (Å²) in [6.45, 7) is 3.87. The number of aromatic nitrogens is 2. The first-order valence-corrected chi connectivity index (χ1v) is 12.2. The van der Waals surface area contributed by atoms with Crippen LogP contribution in [-0.2, 0) is 16.4 Å². The summed E-state index contributed by atoms with van der Waals surface area (Å²) in [4.78, 5) is 13.8. The van der Waals surface area contributed by atoms with E-state index < -0.39 is 9.84 Å². The van der Waals surface area contributed by atoms with Gasteiger partial charge in [0.15, 0.2) is 9.84 Å². The minimum atomic E-state index is -3.27. The van der Waals surface area contributed by atoms with Crippen LogP contribution >= 0.6 is 0 Å². The van der Waals surface area contributed by atoms with Crippen molar-refractivity contribution in [2.45, 2.75) is 24.3 Å². The maximum absolute atomic E-state index is 12.0. The number of fused-ring (bicyclic) bond motifs is 1. The Morgan fingerprint density at radius 3 is 2.50 bits per heavy atom. The molecule has 2 aromatic carbocycles. The van der Waals surface area contributed by atoms with Gasteiger partial charge in [-0.2, -0.15) is 0 Å². The van der Waals surface area contributed by atoms with Gasteiger partial charge >= 0.3 is 0 Å². The molecule has 1 saturated heterocycles. The molecule has 158 valence electrons. The van der Waals surface area contributed by atoms with E-state index in [1.807, 2.05) is 0 Å². The molecule has 1 aliphatic rings. The van der Waals surface area contributed by atoms with Crippen molar-refractivity contribution in [2.24, 2.45) is 5.92 Å². The Bertz CT molecular complexity index is 1110. The number of benzene rings is 2. The summed E-state index contributed by atoms with van der Waals surface area (Å²) in [5.41, 5.74) is 2.11. The quantitative estimate of drug-likeness (QED) is 0.604. The van der Waals surface area contributed by atoms with E-state index in [-0.39, 0.29) is 0 Å². The zero-order valence-electron chi connectivity index (χ0n) is 17.5. The average Bonchev–Trinajstić information content (AvgIpc) is 2.73. The van der Waals surface area contributed by atoms with E-state index in [2.05, 4.69) is 57.1 Å². The Labute approximate surface area is 178 Å². The summed E-state index contributed by atoms with van der Waals surface area (Å²) in [5.74, 6) is 1.48. The van der Waals surface area contributed by atoms with Crippen molar-refractivity contribution in [1.29, 1.82) is 0 Å². The largest absolute Gasteiger partial charge is 0.356 e. The van der Waals surface area contributed by atoms with Crippen LogP contribution in [0.15, 0.2) is 59.8 Å². The molecule has 0 unspecified atom stereocenters. The van der Waals surface area contributed by atoms with E-state index in [0.29, 0.717) is 10.8 Å². The third kappa shape index (κ3) is 4.79. The van der Waals surface area contributed by atoms with Gasteiger partial charge in [0, 0.05) is 37.8 Å². The smallest absolute Gasteiger partial charge is 0.175 e. The summed E-state index contributed by atoms with van der Waals surface area (Å²) in [5, 5.41) is 0.806. The summed E-state index contributed by atoms with van der Waals surface area (Å²) in [6, 6.07) is 15.7. The first kappa shape index (κ1) is 20.8. The van der Waals surface area contributed by atoms with Gasteiger partial charge in [-0.25, -0.2) is 18.4 Å². The summed E-state index contributed by atoms with van der Waals surface area (Å²) >= 11 is 0. The molecule has 1 aromatic heterocycles. The maximum atomic E-state index is 12.0. The van der Waals surface area contributed by atoms with Crippen molar-refractivity contribution in [2.75, 3.05) is 37.8 Å². The van der Waals surface area contributed by atoms with Gasteiger partial charge in [0.1, 0.15) is 12.1 Å². The number of anilines is 1. The lowest BCUT2D eigenvalue weighted by Gasteiger charge is -2.35. The van der Waals surface area contributed by atoms with Gasteiger partial charge in [-0.1, -0.05) is 30.3 Å². The van der Waals surface area contributed by atoms with Crippen molar-refractivity contribution in [3.05, 3.63) is 60.4 Å². The van der Waals surface area contributed by atoms with Crippen molar-refractivity contribution < 1.29 is 8.42 Å². The Hall–Kier alpha value is -2.51. The minimum Gasteiger partial charge on any atom is -0.356 e. The number of piperidine rings is 1. The van der Waals surface area contributed by atoms with Crippen LogP contribution in [0.2, 0.25) is 0 Å². The van der Waals surface area contributed by atoms with Crippen LogP contribution in [0.5, 0.6) is 0 Å². The third-order valence-electron chi connectivity index (χ3n) is 5.79. The van der Waals surface area contributed by atoms with Gasteiger partial charge in [-0.15, -0.1) is 0 Å². The zero-order chi connectivity index (χ0) is 21.1. The summed E-state index contributed by atoms with van der Waals surface area (Å²) < 4.78 is 24.0. The van der Waals surface area contributed by atoms with Crippen molar-refractivity contribution in [3.63, 3.8) is 0 Å². The highest BCUT2D eigenvalue weighted by atomic mass is 32.2. The van der Waals surface area contributed by atoms with E-state index in [4.69, 9.17) is 0 Å². The molecule has 7 heteroatoms. The van der Waals surface area contributed by atoms with E-state index in [9.17, 15) is 8.42 Å². The molecule has 1 fully saturated rings. The molecule has 2 heterocycles. The van der Waals surface area contributed by atoms with Crippen LogP contribution in [0.1, 0.15) is 18.4 Å². The number of sulfone groups is 1. The summed E-state index contributed by atoms with van der Waals surface area (Å²) in [6.07, 6.45) is 4.99. The fourth-order valence-electron chi connectivity index (χ4n) is 4.23. The predicted octanol–water partition coefficient (Wildman–Crippen LogP) is 3.38. The Morgan fingerprint density at radius 2 is 1.80 bits per heavy atom. The lowest BCUT2D eigenvalue weighted by atomic mass is 9.96. The monoisotopic (exact) mass is 424 g/mol. The topological polar surface area (TPSA) is 66.4 Å². The lowest BCUT2D eigenvalue weighted by Crippen LogP contribution is -2.38. The zero-order valence-corrected chi connectivity index (χ0v) is 18.3. The van der Waals surface area contributed by atoms with E-state index >= 15 is 0 Å². The second-order valence-electron chi connectivity index (χ2n) is 8.26. The van der Waals surface area contributed by atoms with Crippen molar-refractivity contribution >= 4 is 26.6 Å². The van der Waals surface area contributed by atoms with Crippen LogP contribution in [0, 0.1) is 5.92 Å². The Kier molecular flexibility index (Phi) is 6.01. The first-order chi connectivity index (χ1) is 14.4. The van der Waals surface area contributed by atoms with Crippen LogP contribution in [0.3, 0.4) is 0 Å². The maximum Gasteiger partial charge on any atom is 0.175 e. The SMILES string of the molecule is CN(Cc1ccccc1)CC1CCN(c2ncnc3ccc(S(C)(=O)=O)cc23)CC1. The van der Waals surface area contributed by atoms with Crippen molar-refractivity contribution in [3.8, 4) is 0 Å². The molecule has 0 atom stereocenters. The number of nitrogens with zero attached hydrogens (tertiary/aromatic N) is 4. The van der Waals surface area contributed by atoms with Gasteiger partial charge in [0.05, 0.1) is 10.4 Å². The molecule has 0 radical (unpaired) electrons. The van der Waals surface area contributed by atoms with E-state index in [1.54, 1.807) is 24.5 Å². The fraction of sp³-hybridized carbons (Fsp3) is 0.391. The predicted molar refractivity (Wildman–Crippen MR) is 120 cm³/mol. The second kappa shape index (κ2) is 8.70. The number of hydrogen-bond donors (Lipinski definition) is 0. The lowest BCUT2D eigenvalue weighted by molar-refractivity contribution is 0.242. The fourth-order valence-corrected chi connectivity index (χ4v) is 4.88. The average molecular weight is 425 g/mol. The molecule has 1 aliphatic heterocycles. The van der Waals surface area contributed by atoms with Crippen LogP contribution < -0.4 is 4.90 Å². The van der Waals surface area contributed by atoms with E-state index in [1.165, 1.54) is 11.8 Å².